The minimum absolute atomic E-state index is 0.0316. The number of aromatic nitrogens is 1. The number of anilines is 1. The fourth-order valence-electron chi connectivity index (χ4n) is 1.99. The van der Waals surface area contributed by atoms with E-state index in [0.29, 0.717) is 19.7 Å². The molecular weight excluding hydrogens is 273 g/mol. The summed E-state index contributed by atoms with van der Waals surface area (Å²) in [6.07, 6.45) is -4.81. The van der Waals surface area contributed by atoms with Crippen LogP contribution >= 0.6 is 0 Å². The Balaban J connectivity index is 2.36. The van der Waals surface area contributed by atoms with Crippen molar-refractivity contribution in [3.63, 3.8) is 0 Å². The molecule has 20 heavy (non-hydrogen) atoms. The van der Waals surface area contributed by atoms with Gasteiger partial charge >= 0.3 is 6.18 Å². The smallest absolute Gasteiger partial charge is 0.373 e. The van der Waals surface area contributed by atoms with E-state index in [2.05, 4.69) is 4.98 Å². The summed E-state index contributed by atoms with van der Waals surface area (Å²) in [4.78, 5) is 5.20. The van der Waals surface area contributed by atoms with Crippen LogP contribution in [0.5, 0.6) is 0 Å². The molecule has 1 aliphatic heterocycles. The van der Waals surface area contributed by atoms with Gasteiger partial charge in [-0.2, -0.15) is 18.4 Å². The first-order valence-corrected chi connectivity index (χ1v) is 6.00. The SMILES string of the molecule is N#Cc1ccc(C(F)(F)F)nc1N1CCOC(CN)C1. The normalized spacial score (nSPS) is 19.8. The van der Waals surface area contributed by atoms with Gasteiger partial charge in [0.2, 0.25) is 0 Å². The first-order valence-electron chi connectivity index (χ1n) is 6.00. The predicted molar refractivity (Wildman–Crippen MR) is 65.0 cm³/mol. The second kappa shape index (κ2) is 5.64. The van der Waals surface area contributed by atoms with Gasteiger partial charge in [0.1, 0.15) is 17.6 Å². The highest BCUT2D eigenvalue weighted by atomic mass is 19.4. The topological polar surface area (TPSA) is 75.2 Å². The van der Waals surface area contributed by atoms with E-state index < -0.39 is 11.9 Å². The fraction of sp³-hybridized carbons (Fsp3) is 0.500. The summed E-state index contributed by atoms with van der Waals surface area (Å²) in [5.74, 6) is 0.0316. The van der Waals surface area contributed by atoms with E-state index in [1.54, 1.807) is 4.90 Å². The zero-order valence-electron chi connectivity index (χ0n) is 10.5. The molecular formula is C12H13F3N4O. The molecule has 0 bridgehead atoms. The maximum Gasteiger partial charge on any atom is 0.433 e. The van der Waals surface area contributed by atoms with Crippen LogP contribution < -0.4 is 10.6 Å². The van der Waals surface area contributed by atoms with Crippen LogP contribution in [0, 0.1) is 11.3 Å². The Morgan fingerprint density at radius 2 is 2.25 bits per heavy atom. The average Bonchev–Trinajstić information content (AvgIpc) is 2.45. The highest BCUT2D eigenvalue weighted by molar-refractivity contribution is 5.55. The fourth-order valence-corrected chi connectivity index (χ4v) is 1.99. The van der Waals surface area contributed by atoms with Crippen LogP contribution in [0.1, 0.15) is 11.3 Å². The molecule has 1 fully saturated rings. The maximum absolute atomic E-state index is 12.7. The molecule has 0 radical (unpaired) electrons. The molecule has 1 saturated heterocycles. The van der Waals surface area contributed by atoms with Crippen molar-refractivity contribution in [3.05, 3.63) is 23.4 Å². The molecule has 1 unspecified atom stereocenters. The third kappa shape index (κ3) is 3.00. The van der Waals surface area contributed by atoms with Gasteiger partial charge in [-0.15, -0.1) is 0 Å². The van der Waals surface area contributed by atoms with Gasteiger partial charge in [0.05, 0.1) is 18.3 Å². The van der Waals surface area contributed by atoms with E-state index in [1.165, 1.54) is 0 Å². The number of rotatable bonds is 2. The molecule has 1 aromatic rings. The second-order valence-corrected chi connectivity index (χ2v) is 4.35. The van der Waals surface area contributed by atoms with Gasteiger partial charge in [0.25, 0.3) is 0 Å². The van der Waals surface area contributed by atoms with Crippen molar-refractivity contribution in [3.8, 4) is 6.07 Å². The van der Waals surface area contributed by atoms with Crippen molar-refractivity contribution >= 4 is 5.82 Å². The van der Waals surface area contributed by atoms with Crippen molar-refractivity contribution in [1.29, 1.82) is 5.26 Å². The van der Waals surface area contributed by atoms with Gasteiger partial charge in [0, 0.05) is 19.6 Å². The van der Waals surface area contributed by atoms with Crippen LogP contribution in [0.3, 0.4) is 0 Å². The Kier molecular flexibility index (Phi) is 4.11. The molecule has 0 aliphatic carbocycles. The molecule has 0 saturated carbocycles. The van der Waals surface area contributed by atoms with Gasteiger partial charge < -0.3 is 15.4 Å². The van der Waals surface area contributed by atoms with E-state index in [4.69, 9.17) is 15.7 Å². The molecule has 2 heterocycles. The van der Waals surface area contributed by atoms with Crippen LogP contribution in [-0.2, 0) is 10.9 Å². The zero-order valence-corrected chi connectivity index (χ0v) is 10.5. The lowest BCUT2D eigenvalue weighted by Gasteiger charge is -2.33. The zero-order chi connectivity index (χ0) is 14.8. The van der Waals surface area contributed by atoms with Gasteiger partial charge in [-0.25, -0.2) is 4.98 Å². The molecule has 2 N–H and O–H groups in total. The highest BCUT2D eigenvalue weighted by Crippen LogP contribution is 2.30. The average molecular weight is 286 g/mol. The van der Waals surface area contributed by atoms with E-state index in [1.807, 2.05) is 6.07 Å². The minimum Gasteiger partial charge on any atom is -0.373 e. The summed E-state index contributed by atoms with van der Waals surface area (Å²) in [6, 6.07) is 3.81. The maximum atomic E-state index is 12.7. The third-order valence-corrected chi connectivity index (χ3v) is 2.99. The van der Waals surface area contributed by atoms with Gasteiger partial charge in [-0.3, -0.25) is 0 Å². The summed E-state index contributed by atoms with van der Waals surface area (Å²) in [7, 11) is 0. The Labute approximate surface area is 113 Å². The van der Waals surface area contributed by atoms with Crippen molar-refractivity contribution in [2.45, 2.75) is 12.3 Å². The van der Waals surface area contributed by atoms with Crippen molar-refractivity contribution in [2.75, 3.05) is 31.1 Å². The molecule has 0 amide bonds. The molecule has 8 heteroatoms. The third-order valence-electron chi connectivity index (χ3n) is 2.99. The number of morpholine rings is 1. The van der Waals surface area contributed by atoms with Gasteiger partial charge in [-0.1, -0.05) is 0 Å². The van der Waals surface area contributed by atoms with Crippen molar-refractivity contribution < 1.29 is 17.9 Å². The Hall–Kier alpha value is -1.85. The highest BCUT2D eigenvalue weighted by Gasteiger charge is 2.34. The monoisotopic (exact) mass is 286 g/mol. The minimum atomic E-state index is -4.54. The van der Waals surface area contributed by atoms with E-state index >= 15 is 0 Å². The number of nitrogens with zero attached hydrogens (tertiary/aromatic N) is 3. The number of hydrogen-bond acceptors (Lipinski definition) is 5. The van der Waals surface area contributed by atoms with Gasteiger partial charge in [-0.05, 0) is 12.1 Å². The number of halogens is 3. The van der Waals surface area contributed by atoms with E-state index in [0.717, 1.165) is 12.1 Å². The first-order chi connectivity index (χ1) is 9.45. The Bertz CT molecular complexity index is 526. The molecule has 5 nitrogen and oxygen atoms in total. The standard InChI is InChI=1S/C12H13F3N4O/c13-12(14,15)10-2-1-8(5-16)11(18-10)19-3-4-20-9(6-17)7-19/h1-2,9H,3-4,6-7,17H2. The van der Waals surface area contributed by atoms with Crippen LogP contribution in [-0.4, -0.2) is 37.3 Å². The van der Waals surface area contributed by atoms with Crippen molar-refractivity contribution in [1.82, 2.24) is 4.98 Å². The number of pyridine rings is 1. The number of hydrogen-bond donors (Lipinski definition) is 1. The van der Waals surface area contributed by atoms with Crippen LogP contribution in [0.4, 0.5) is 19.0 Å². The van der Waals surface area contributed by atoms with Crippen LogP contribution in [0.15, 0.2) is 12.1 Å². The van der Waals surface area contributed by atoms with E-state index in [9.17, 15) is 13.2 Å². The first kappa shape index (κ1) is 14.6. The molecule has 1 aliphatic rings. The summed E-state index contributed by atoms with van der Waals surface area (Å²) in [6.45, 7) is 1.29. The lowest BCUT2D eigenvalue weighted by molar-refractivity contribution is -0.141. The predicted octanol–water partition coefficient (Wildman–Crippen LogP) is 1.14. The van der Waals surface area contributed by atoms with Gasteiger partial charge in [0.15, 0.2) is 0 Å². The van der Waals surface area contributed by atoms with Crippen molar-refractivity contribution in [2.24, 2.45) is 5.73 Å². The quantitative estimate of drug-likeness (QED) is 0.882. The Morgan fingerprint density at radius 1 is 1.50 bits per heavy atom. The summed E-state index contributed by atoms with van der Waals surface area (Å²) in [5.41, 5.74) is 4.59. The molecule has 0 spiro atoms. The lowest BCUT2D eigenvalue weighted by Crippen LogP contribution is -2.46. The number of alkyl halides is 3. The summed E-state index contributed by atoms with van der Waals surface area (Å²) < 4.78 is 43.5. The van der Waals surface area contributed by atoms with Crippen LogP contribution in [0.2, 0.25) is 0 Å². The molecule has 1 atom stereocenters. The molecule has 1 aromatic heterocycles. The molecule has 2 rings (SSSR count). The molecule has 108 valence electrons. The Morgan fingerprint density at radius 3 is 2.85 bits per heavy atom. The summed E-state index contributed by atoms with van der Waals surface area (Å²) in [5, 5.41) is 9.01. The largest absolute Gasteiger partial charge is 0.433 e. The number of ether oxygens (including phenoxy) is 1. The lowest BCUT2D eigenvalue weighted by atomic mass is 10.2. The molecule has 0 aromatic carbocycles. The number of nitriles is 1. The van der Waals surface area contributed by atoms with E-state index in [-0.39, 0.29) is 24.0 Å². The summed E-state index contributed by atoms with van der Waals surface area (Å²) >= 11 is 0. The second-order valence-electron chi connectivity index (χ2n) is 4.35. The number of nitrogens with two attached hydrogens (primary N) is 1. The van der Waals surface area contributed by atoms with Crippen LogP contribution in [0.25, 0.3) is 0 Å².